The second-order valence-corrected chi connectivity index (χ2v) is 5.00. The van der Waals surface area contributed by atoms with Crippen LogP contribution in [0.1, 0.15) is 0 Å². The van der Waals surface area contributed by atoms with Crippen molar-refractivity contribution >= 4 is 38.4 Å². The first-order chi connectivity index (χ1) is 6.90. The van der Waals surface area contributed by atoms with Crippen molar-refractivity contribution in [3.8, 4) is 5.75 Å². The Labute approximate surface area is 116 Å². The van der Waals surface area contributed by atoms with Gasteiger partial charge in [0.05, 0.1) is 22.8 Å². The molecule has 0 saturated heterocycles. The summed E-state index contributed by atoms with van der Waals surface area (Å²) in [5, 5.41) is 8.53. The summed E-state index contributed by atoms with van der Waals surface area (Å²) in [5.74, 6) is 0.207. The number of methoxy groups -OCH3 is 1. The quantitative estimate of drug-likeness (QED) is 0.378. The molecule has 0 aliphatic heterocycles. The molecule has 0 bridgehead atoms. The largest absolute Gasteiger partial charge is 1.00 e. The van der Waals surface area contributed by atoms with Crippen molar-refractivity contribution in [3.05, 3.63) is 20.7 Å². The minimum absolute atomic E-state index is 0. The van der Waals surface area contributed by atoms with Crippen molar-refractivity contribution in [2.45, 2.75) is 4.90 Å². The highest BCUT2D eigenvalue weighted by molar-refractivity contribution is 14.1. The molecule has 1 aromatic rings. The zero-order chi connectivity index (χ0) is 11.6. The lowest BCUT2D eigenvalue weighted by Gasteiger charge is -2.04. The summed E-state index contributed by atoms with van der Waals surface area (Å²) in [4.78, 5) is 2.48. The number of benzene rings is 1. The van der Waals surface area contributed by atoms with Crippen molar-refractivity contribution in [3.63, 3.8) is 0 Å². The van der Waals surface area contributed by atoms with Crippen molar-refractivity contribution < 1.29 is 34.7 Å². The molecule has 0 saturated carbocycles. The number of diazo groups is 1. The average Bonchev–Trinajstić information content (AvgIpc) is 2.16. The summed E-state index contributed by atoms with van der Waals surface area (Å²) < 4.78 is 35.9. The van der Waals surface area contributed by atoms with E-state index in [-0.39, 0.29) is 36.9 Å². The van der Waals surface area contributed by atoms with Crippen LogP contribution in [0.4, 0.5) is 5.69 Å². The third-order valence-corrected chi connectivity index (χ3v) is 3.96. The van der Waals surface area contributed by atoms with E-state index in [1.54, 1.807) is 22.6 Å². The topological polar surface area (TPSA) is 91.8 Å². The minimum Gasteiger partial charge on any atom is -1.00 e. The van der Waals surface area contributed by atoms with Gasteiger partial charge in [-0.2, -0.15) is 8.42 Å². The van der Waals surface area contributed by atoms with Crippen LogP contribution in [-0.4, -0.2) is 20.1 Å². The molecule has 0 fully saturated rings. The van der Waals surface area contributed by atoms with Gasteiger partial charge in [-0.25, -0.2) is 0 Å². The van der Waals surface area contributed by atoms with Crippen LogP contribution in [0.2, 0.25) is 0 Å². The molecule has 6 nitrogen and oxygen atoms in total. The summed E-state index contributed by atoms with van der Waals surface area (Å²) in [5.41, 5.74) is -0.0140. The normalized spacial score (nSPS) is 10.1. The number of nitrogens with zero attached hydrogens (tertiary/aromatic N) is 2. The lowest BCUT2D eigenvalue weighted by atomic mass is 10.3. The molecule has 0 aromatic heterocycles. The zero-order valence-electron chi connectivity index (χ0n) is 7.89. The summed E-state index contributed by atoms with van der Waals surface area (Å²) in [6, 6.07) is 2.38. The highest BCUT2D eigenvalue weighted by Crippen LogP contribution is 2.32. The molecule has 16 heavy (non-hydrogen) atoms. The Morgan fingerprint density at radius 3 is 2.44 bits per heavy atom. The summed E-state index contributed by atoms with van der Waals surface area (Å²) in [6.07, 6.45) is 0. The van der Waals surface area contributed by atoms with Crippen molar-refractivity contribution in [2.24, 2.45) is 0 Å². The van der Waals surface area contributed by atoms with Gasteiger partial charge in [-0.3, -0.25) is 4.55 Å². The SMILES string of the molecule is COc1cc([N+]#N)cc(S(=O)(=O)O)c1I.[Br-]. The maximum absolute atomic E-state index is 11.0. The van der Waals surface area contributed by atoms with Crippen molar-refractivity contribution in [2.75, 3.05) is 7.11 Å². The molecule has 0 atom stereocenters. The number of ether oxygens (including phenoxy) is 1. The number of hydrogen-bond donors (Lipinski definition) is 1. The molecule has 1 aromatic carbocycles. The molecule has 0 unspecified atom stereocenters. The highest BCUT2D eigenvalue weighted by Gasteiger charge is 2.23. The molecule has 0 amide bonds. The predicted molar refractivity (Wildman–Crippen MR) is 60.3 cm³/mol. The standard InChI is InChI=1S/C7H5IN2O4S.BrH/c1-14-5-2-4(10-9)3-6(7(5)8)15(11,12)13;/h2-3H,1H3;1H. The van der Waals surface area contributed by atoms with Gasteiger partial charge < -0.3 is 21.7 Å². The number of halogens is 2. The van der Waals surface area contributed by atoms with Gasteiger partial charge in [0, 0.05) is 0 Å². The van der Waals surface area contributed by atoms with E-state index in [0.717, 1.165) is 6.07 Å². The van der Waals surface area contributed by atoms with Gasteiger partial charge in [0.1, 0.15) is 10.6 Å². The summed E-state index contributed by atoms with van der Waals surface area (Å²) in [6.45, 7) is 0. The second-order valence-electron chi connectivity index (χ2n) is 2.54. The van der Waals surface area contributed by atoms with Crippen LogP contribution in [0, 0.1) is 8.96 Å². The number of rotatable bonds is 2. The Morgan fingerprint density at radius 1 is 1.50 bits per heavy atom. The molecule has 88 valence electrons. The molecule has 9 heteroatoms. The molecule has 1 N–H and O–H groups in total. The molecular formula is C7H6BrIN2O4S. The first-order valence-electron chi connectivity index (χ1n) is 3.60. The Kier molecular flexibility index (Phi) is 5.60. The predicted octanol–water partition coefficient (Wildman–Crippen LogP) is -0.965. The van der Waals surface area contributed by atoms with Crippen LogP contribution in [0.3, 0.4) is 0 Å². The van der Waals surface area contributed by atoms with E-state index in [1.165, 1.54) is 13.2 Å². The van der Waals surface area contributed by atoms with Crippen molar-refractivity contribution in [1.82, 2.24) is 0 Å². The fourth-order valence-corrected chi connectivity index (χ4v) is 2.92. The van der Waals surface area contributed by atoms with Gasteiger partial charge in [0.15, 0.2) is 4.98 Å². The van der Waals surface area contributed by atoms with E-state index < -0.39 is 10.1 Å². The first kappa shape index (κ1) is 15.6. The van der Waals surface area contributed by atoms with E-state index in [0.29, 0.717) is 0 Å². The van der Waals surface area contributed by atoms with Crippen molar-refractivity contribution in [1.29, 1.82) is 5.39 Å². The lowest BCUT2D eigenvalue weighted by molar-refractivity contribution is -0.00000759. The maximum atomic E-state index is 11.0. The summed E-state index contributed by atoms with van der Waals surface area (Å²) >= 11 is 1.71. The van der Waals surface area contributed by atoms with Crippen LogP contribution in [0.25, 0.3) is 4.98 Å². The van der Waals surface area contributed by atoms with Gasteiger partial charge in [0.2, 0.25) is 5.39 Å². The molecule has 1 rings (SSSR count). The highest BCUT2D eigenvalue weighted by atomic mass is 127. The van der Waals surface area contributed by atoms with Crippen LogP contribution in [-0.2, 0) is 10.1 Å². The van der Waals surface area contributed by atoms with E-state index >= 15 is 0 Å². The minimum atomic E-state index is -4.36. The van der Waals surface area contributed by atoms with E-state index in [2.05, 4.69) is 4.98 Å². The Hall–Kier alpha value is -0.440. The van der Waals surface area contributed by atoms with Gasteiger partial charge in [-0.1, -0.05) is 0 Å². The Balaban J connectivity index is 0.00000225. The lowest BCUT2D eigenvalue weighted by Crippen LogP contribution is -3.00. The fourth-order valence-electron chi connectivity index (χ4n) is 0.952. The zero-order valence-corrected chi connectivity index (χ0v) is 12.4. The average molecular weight is 421 g/mol. The first-order valence-corrected chi connectivity index (χ1v) is 6.12. The molecule has 0 aliphatic carbocycles. The van der Waals surface area contributed by atoms with E-state index in [4.69, 9.17) is 14.7 Å². The maximum Gasteiger partial charge on any atom is 0.390 e. The van der Waals surface area contributed by atoms with Crippen LogP contribution in [0.5, 0.6) is 5.75 Å². The fraction of sp³-hybridized carbons (Fsp3) is 0.143. The van der Waals surface area contributed by atoms with Crippen LogP contribution < -0.4 is 21.7 Å². The Bertz CT molecular complexity index is 540. The molecule has 0 radical (unpaired) electrons. The molecule has 0 aliphatic rings. The van der Waals surface area contributed by atoms with Crippen LogP contribution in [0.15, 0.2) is 17.0 Å². The number of hydrogen-bond acceptors (Lipinski definition) is 4. The van der Waals surface area contributed by atoms with Gasteiger partial charge in [-0.05, 0) is 22.6 Å². The van der Waals surface area contributed by atoms with E-state index in [9.17, 15) is 8.42 Å². The second kappa shape index (κ2) is 5.76. The third kappa shape index (κ3) is 3.27. The van der Waals surface area contributed by atoms with Gasteiger partial charge >= 0.3 is 5.69 Å². The molecule has 0 heterocycles. The summed E-state index contributed by atoms with van der Waals surface area (Å²) in [7, 11) is -3.02. The third-order valence-electron chi connectivity index (χ3n) is 1.60. The molecule has 0 spiro atoms. The molecular weight excluding hydrogens is 415 g/mol. The van der Waals surface area contributed by atoms with Gasteiger partial charge in [-0.15, -0.1) is 0 Å². The van der Waals surface area contributed by atoms with Gasteiger partial charge in [0.25, 0.3) is 10.1 Å². The van der Waals surface area contributed by atoms with E-state index in [1.807, 2.05) is 0 Å². The smallest absolute Gasteiger partial charge is 0.390 e. The van der Waals surface area contributed by atoms with Crippen LogP contribution >= 0.6 is 22.6 Å². The monoisotopic (exact) mass is 420 g/mol. The Morgan fingerprint density at radius 2 is 2.06 bits per heavy atom.